The monoisotopic (exact) mass is 477 g/mol. The summed E-state index contributed by atoms with van der Waals surface area (Å²) >= 11 is 6.01. The van der Waals surface area contributed by atoms with Crippen LogP contribution in [0.2, 0.25) is 5.02 Å². The molecule has 0 radical (unpaired) electrons. The minimum absolute atomic E-state index is 0.0103. The number of nitrogens with zero attached hydrogens (tertiary/aromatic N) is 1. The van der Waals surface area contributed by atoms with Gasteiger partial charge in [0.25, 0.3) is 5.91 Å². The summed E-state index contributed by atoms with van der Waals surface area (Å²) in [5.41, 5.74) is 7.29. The highest BCUT2D eigenvalue weighted by molar-refractivity contribution is 7.90. The zero-order valence-electron chi connectivity index (χ0n) is 18.0. The number of sulfone groups is 1. The lowest BCUT2D eigenvalue weighted by molar-refractivity contribution is -0.132. The number of hydrogen-bond donors (Lipinski definition) is 2. The van der Waals surface area contributed by atoms with Gasteiger partial charge in [-0.05, 0) is 49.1 Å². The van der Waals surface area contributed by atoms with Crippen LogP contribution in [0.3, 0.4) is 0 Å². The number of benzene rings is 2. The van der Waals surface area contributed by atoms with Crippen molar-refractivity contribution in [3.05, 3.63) is 64.7 Å². The van der Waals surface area contributed by atoms with E-state index in [1.165, 1.54) is 12.1 Å². The first kappa shape index (κ1) is 24.2. The van der Waals surface area contributed by atoms with E-state index in [-0.39, 0.29) is 41.4 Å². The highest BCUT2D eigenvalue weighted by Crippen LogP contribution is 2.20. The van der Waals surface area contributed by atoms with Gasteiger partial charge in [-0.3, -0.25) is 9.59 Å². The average molecular weight is 478 g/mol. The van der Waals surface area contributed by atoms with Crippen LogP contribution in [-0.4, -0.2) is 56.6 Å². The van der Waals surface area contributed by atoms with E-state index in [0.29, 0.717) is 18.0 Å². The molecule has 2 aromatic carbocycles. The van der Waals surface area contributed by atoms with Crippen molar-refractivity contribution >= 4 is 33.3 Å². The smallest absolute Gasteiger partial charge is 0.252 e. The van der Waals surface area contributed by atoms with E-state index in [4.69, 9.17) is 17.3 Å². The van der Waals surface area contributed by atoms with E-state index in [2.05, 4.69) is 5.32 Å². The van der Waals surface area contributed by atoms with E-state index >= 15 is 0 Å². The largest absolute Gasteiger partial charge is 0.350 e. The quantitative estimate of drug-likeness (QED) is 0.606. The first-order valence-corrected chi connectivity index (χ1v) is 12.8. The lowest BCUT2D eigenvalue weighted by atomic mass is 10.0. The van der Waals surface area contributed by atoms with Crippen molar-refractivity contribution in [1.82, 2.24) is 10.2 Å². The summed E-state index contributed by atoms with van der Waals surface area (Å²) < 4.78 is 23.9. The molecule has 3 N–H and O–H groups in total. The molecule has 172 valence electrons. The number of hydrogen-bond acceptors (Lipinski definition) is 5. The molecule has 2 amide bonds. The minimum Gasteiger partial charge on any atom is -0.350 e. The van der Waals surface area contributed by atoms with Crippen molar-refractivity contribution in [3.63, 3.8) is 0 Å². The number of carbonyl (C=O) groups is 2. The Morgan fingerprint density at radius 1 is 1.22 bits per heavy atom. The van der Waals surface area contributed by atoms with Gasteiger partial charge in [0.2, 0.25) is 5.91 Å². The van der Waals surface area contributed by atoms with Crippen LogP contribution in [0, 0.1) is 0 Å². The number of halogens is 1. The molecule has 1 fully saturated rings. The Bertz CT molecular complexity index is 1090. The molecule has 0 bridgehead atoms. The van der Waals surface area contributed by atoms with Crippen LogP contribution in [0.4, 0.5) is 0 Å². The Balaban J connectivity index is 1.57. The number of amides is 2. The Morgan fingerprint density at radius 3 is 2.69 bits per heavy atom. The second-order valence-electron chi connectivity index (χ2n) is 8.16. The molecule has 1 aliphatic rings. The summed E-state index contributed by atoms with van der Waals surface area (Å²) in [6.07, 6.45) is 3.43. The summed E-state index contributed by atoms with van der Waals surface area (Å²) in [6.45, 7) is 0.870. The van der Waals surface area contributed by atoms with E-state index in [9.17, 15) is 18.0 Å². The highest BCUT2D eigenvalue weighted by atomic mass is 35.5. The molecular formula is C23H28ClN3O4S. The van der Waals surface area contributed by atoms with Crippen molar-refractivity contribution in [1.29, 1.82) is 0 Å². The van der Waals surface area contributed by atoms with Crippen LogP contribution in [-0.2, 0) is 21.1 Å². The van der Waals surface area contributed by atoms with Crippen LogP contribution < -0.4 is 11.1 Å². The number of carbonyl (C=O) groups excluding carboxylic acids is 2. The van der Waals surface area contributed by atoms with Crippen LogP contribution in [0.1, 0.15) is 35.2 Å². The lowest BCUT2D eigenvalue weighted by Gasteiger charge is -2.26. The fourth-order valence-corrected chi connectivity index (χ4v) is 5.14. The Morgan fingerprint density at radius 2 is 1.97 bits per heavy atom. The van der Waals surface area contributed by atoms with Gasteiger partial charge in [0, 0.05) is 42.9 Å². The lowest BCUT2D eigenvalue weighted by Crippen LogP contribution is -2.45. The van der Waals surface area contributed by atoms with Crippen molar-refractivity contribution in [2.75, 3.05) is 19.3 Å². The molecule has 0 saturated carbocycles. The molecule has 2 unspecified atom stereocenters. The van der Waals surface area contributed by atoms with Gasteiger partial charge < -0.3 is 16.0 Å². The van der Waals surface area contributed by atoms with Crippen molar-refractivity contribution in [2.45, 2.75) is 42.7 Å². The normalized spacial score (nSPS) is 17.2. The zero-order chi connectivity index (χ0) is 23.3. The van der Waals surface area contributed by atoms with Gasteiger partial charge in [-0.2, -0.15) is 0 Å². The molecule has 3 rings (SSSR count). The van der Waals surface area contributed by atoms with Gasteiger partial charge in [-0.1, -0.05) is 35.9 Å². The second kappa shape index (κ2) is 10.5. The molecule has 0 spiro atoms. The fourth-order valence-electron chi connectivity index (χ4n) is 4.04. The maximum Gasteiger partial charge on any atom is 0.252 e. The minimum atomic E-state index is -3.53. The number of nitrogens with two attached hydrogens (primary N) is 1. The molecule has 32 heavy (non-hydrogen) atoms. The molecule has 1 aliphatic heterocycles. The summed E-state index contributed by atoms with van der Waals surface area (Å²) in [7, 11) is -3.53. The topological polar surface area (TPSA) is 110 Å². The van der Waals surface area contributed by atoms with E-state index in [1.54, 1.807) is 23.1 Å². The molecule has 2 atom stereocenters. The van der Waals surface area contributed by atoms with Crippen molar-refractivity contribution in [3.8, 4) is 0 Å². The van der Waals surface area contributed by atoms with Crippen LogP contribution >= 0.6 is 11.6 Å². The van der Waals surface area contributed by atoms with Gasteiger partial charge in [0.1, 0.15) is 0 Å². The van der Waals surface area contributed by atoms with Crippen LogP contribution in [0.5, 0.6) is 0 Å². The van der Waals surface area contributed by atoms with E-state index in [0.717, 1.165) is 24.7 Å². The Kier molecular flexibility index (Phi) is 7.92. The molecule has 7 nitrogen and oxygen atoms in total. The molecule has 0 aliphatic carbocycles. The van der Waals surface area contributed by atoms with E-state index < -0.39 is 15.7 Å². The standard InChI is InChI=1S/C23H28ClN3O4S/c1-32(30,31)21-10-3-2-9-20(21)23(29)26-15-19-8-5-11-27(19)22(28)14-18(25)13-16-6-4-7-17(24)12-16/h2-4,6-7,9-10,12,18-19H,5,8,11,13-15,25H2,1H3,(H,26,29). The fraction of sp³-hybridized carbons (Fsp3) is 0.391. The summed E-state index contributed by atoms with van der Waals surface area (Å²) in [6, 6.07) is 13.0. The molecule has 2 aromatic rings. The first-order chi connectivity index (χ1) is 15.1. The highest BCUT2D eigenvalue weighted by Gasteiger charge is 2.30. The number of rotatable bonds is 8. The molecule has 1 heterocycles. The average Bonchev–Trinajstić information content (AvgIpc) is 3.20. The van der Waals surface area contributed by atoms with Crippen LogP contribution in [0.25, 0.3) is 0 Å². The third-order valence-electron chi connectivity index (χ3n) is 5.55. The summed E-state index contributed by atoms with van der Waals surface area (Å²) in [5, 5.41) is 3.43. The van der Waals surface area contributed by atoms with Gasteiger partial charge in [-0.15, -0.1) is 0 Å². The Hall–Kier alpha value is -2.42. The molecule has 0 aromatic heterocycles. The predicted molar refractivity (Wildman–Crippen MR) is 124 cm³/mol. The van der Waals surface area contributed by atoms with Gasteiger partial charge in [0.05, 0.1) is 10.5 Å². The second-order valence-corrected chi connectivity index (χ2v) is 10.6. The molecule has 1 saturated heterocycles. The predicted octanol–water partition coefficient (Wildman–Crippen LogP) is 2.42. The molecule has 9 heteroatoms. The summed E-state index contributed by atoms with van der Waals surface area (Å²) in [4.78, 5) is 27.2. The van der Waals surface area contributed by atoms with E-state index in [1.807, 2.05) is 18.2 Å². The SMILES string of the molecule is CS(=O)(=O)c1ccccc1C(=O)NCC1CCCN1C(=O)CC(N)Cc1cccc(Cl)c1. The molecular weight excluding hydrogens is 450 g/mol. The first-order valence-electron chi connectivity index (χ1n) is 10.5. The maximum atomic E-state index is 12.9. The third kappa shape index (κ3) is 6.31. The van der Waals surface area contributed by atoms with Gasteiger partial charge in [0.15, 0.2) is 9.84 Å². The number of nitrogens with one attached hydrogen (secondary N) is 1. The third-order valence-corrected chi connectivity index (χ3v) is 6.94. The van der Waals surface area contributed by atoms with Crippen LogP contribution in [0.15, 0.2) is 53.4 Å². The summed E-state index contributed by atoms with van der Waals surface area (Å²) in [5.74, 6) is -0.518. The Labute approximate surface area is 193 Å². The van der Waals surface area contributed by atoms with Gasteiger partial charge >= 0.3 is 0 Å². The number of likely N-dealkylation sites (tertiary alicyclic amines) is 1. The van der Waals surface area contributed by atoms with Gasteiger partial charge in [-0.25, -0.2) is 8.42 Å². The van der Waals surface area contributed by atoms with Crippen molar-refractivity contribution in [2.24, 2.45) is 5.73 Å². The zero-order valence-corrected chi connectivity index (χ0v) is 19.5. The van der Waals surface area contributed by atoms with Crippen molar-refractivity contribution < 1.29 is 18.0 Å². The maximum absolute atomic E-state index is 12.9.